The second-order valence-corrected chi connectivity index (χ2v) is 8.87. The van der Waals surface area contributed by atoms with Crippen molar-refractivity contribution in [1.82, 2.24) is 25.1 Å². The molecule has 35 heavy (non-hydrogen) atoms. The van der Waals surface area contributed by atoms with Crippen LogP contribution in [0.2, 0.25) is 0 Å². The number of pyridine rings is 1. The number of carbonyl (C=O) groups excluding carboxylic acids is 1. The second-order valence-electron chi connectivity index (χ2n) is 7.93. The Bertz CT molecular complexity index is 1430. The van der Waals surface area contributed by atoms with Gasteiger partial charge < -0.3 is 9.73 Å². The molecule has 0 aliphatic heterocycles. The Hall–Kier alpha value is -4.17. The van der Waals surface area contributed by atoms with Gasteiger partial charge in [-0.3, -0.25) is 14.3 Å². The Morgan fingerprint density at radius 3 is 2.74 bits per heavy atom. The van der Waals surface area contributed by atoms with Gasteiger partial charge in [0.2, 0.25) is 0 Å². The van der Waals surface area contributed by atoms with Crippen molar-refractivity contribution in [3.8, 4) is 17.1 Å². The van der Waals surface area contributed by atoms with E-state index in [9.17, 15) is 4.79 Å². The summed E-state index contributed by atoms with van der Waals surface area (Å²) in [4.78, 5) is 17.1. The van der Waals surface area contributed by atoms with Gasteiger partial charge in [-0.1, -0.05) is 42.1 Å². The molecule has 174 valence electrons. The lowest BCUT2D eigenvalue weighted by molar-refractivity contribution is 0.0947. The Labute approximate surface area is 207 Å². The quantitative estimate of drug-likeness (QED) is 0.297. The standard InChI is InChI=1S/C27H23N5O2S/c1-19-7-4-10-22(15-19)32-25(20-9-5-13-28-16-20)30-31-27(32)35-18-21-8-2-3-12-24(21)26(33)29-17-23-11-6-14-34-23/h2-16H,17-18H2,1H3,(H,29,33). The molecule has 3 aromatic heterocycles. The summed E-state index contributed by atoms with van der Waals surface area (Å²) in [5.74, 6) is 1.84. The Morgan fingerprint density at radius 1 is 1.03 bits per heavy atom. The summed E-state index contributed by atoms with van der Waals surface area (Å²) in [7, 11) is 0. The number of aryl methyl sites for hydroxylation is 1. The van der Waals surface area contributed by atoms with Crippen LogP contribution in [0.5, 0.6) is 0 Å². The molecule has 3 heterocycles. The number of rotatable bonds is 8. The van der Waals surface area contributed by atoms with Gasteiger partial charge in [0.15, 0.2) is 11.0 Å². The van der Waals surface area contributed by atoms with Gasteiger partial charge in [0.1, 0.15) is 5.76 Å². The molecule has 0 radical (unpaired) electrons. The molecule has 8 heteroatoms. The van der Waals surface area contributed by atoms with E-state index in [0.29, 0.717) is 23.6 Å². The normalized spacial score (nSPS) is 10.9. The number of nitrogens with one attached hydrogen (secondary N) is 1. The van der Waals surface area contributed by atoms with Gasteiger partial charge in [-0.2, -0.15) is 0 Å². The number of thioether (sulfide) groups is 1. The molecular weight excluding hydrogens is 458 g/mol. The van der Waals surface area contributed by atoms with Crippen molar-refractivity contribution < 1.29 is 9.21 Å². The molecule has 0 saturated carbocycles. The molecule has 2 aromatic carbocycles. The van der Waals surface area contributed by atoms with Crippen molar-refractivity contribution in [3.05, 3.63) is 114 Å². The van der Waals surface area contributed by atoms with E-state index in [4.69, 9.17) is 4.42 Å². The van der Waals surface area contributed by atoms with Crippen molar-refractivity contribution in [2.45, 2.75) is 24.4 Å². The van der Waals surface area contributed by atoms with Crippen molar-refractivity contribution >= 4 is 17.7 Å². The molecule has 0 atom stereocenters. The average Bonchev–Trinajstić information content (AvgIpc) is 3.57. The van der Waals surface area contributed by atoms with Crippen LogP contribution in [0.25, 0.3) is 17.1 Å². The number of furan rings is 1. The first-order chi connectivity index (χ1) is 17.2. The predicted octanol–water partition coefficient (Wildman–Crippen LogP) is 5.45. The Morgan fingerprint density at radius 2 is 1.94 bits per heavy atom. The summed E-state index contributed by atoms with van der Waals surface area (Å²) in [5, 5.41) is 12.6. The molecule has 0 fully saturated rings. The van der Waals surface area contributed by atoms with Gasteiger partial charge in [0.05, 0.1) is 12.8 Å². The number of hydrogen-bond acceptors (Lipinski definition) is 6. The smallest absolute Gasteiger partial charge is 0.251 e. The van der Waals surface area contributed by atoms with E-state index in [0.717, 1.165) is 33.4 Å². The van der Waals surface area contributed by atoms with Crippen molar-refractivity contribution in [1.29, 1.82) is 0 Å². The first kappa shape index (κ1) is 22.6. The maximum atomic E-state index is 12.9. The van der Waals surface area contributed by atoms with E-state index in [1.165, 1.54) is 11.8 Å². The van der Waals surface area contributed by atoms with Crippen LogP contribution >= 0.6 is 11.8 Å². The van der Waals surface area contributed by atoms with Crippen LogP contribution in [0.4, 0.5) is 0 Å². The van der Waals surface area contributed by atoms with Crippen LogP contribution in [0.1, 0.15) is 27.2 Å². The van der Waals surface area contributed by atoms with Gasteiger partial charge in [-0.15, -0.1) is 10.2 Å². The topological polar surface area (TPSA) is 85.8 Å². The third-order valence-electron chi connectivity index (χ3n) is 5.43. The van der Waals surface area contributed by atoms with E-state index in [1.54, 1.807) is 24.7 Å². The summed E-state index contributed by atoms with van der Waals surface area (Å²) in [5.41, 5.74) is 4.53. The lowest BCUT2D eigenvalue weighted by Crippen LogP contribution is -2.23. The maximum absolute atomic E-state index is 12.9. The molecule has 1 N–H and O–H groups in total. The fourth-order valence-electron chi connectivity index (χ4n) is 3.73. The minimum Gasteiger partial charge on any atom is -0.467 e. The van der Waals surface area contributed by atoms with Crippen LogP contribution in [0, 0.1) is 6.92 Å². The Balaban J connectivity index is 1.42. The van der Waals surface area contributed by atoms with Crippen LogP contribution in [0.3, 0.4) is 0 Å². The summed E-state index contributed by atoms with van der Waals surface area (Å²) < 4.78 is 7.35. The highest BCUT2D eigenvalue weighted by Crippen LogP contribution is 2.30. The predicted molar refractivity (Wildman–Crippen MR) is 135 cm³/mol. The summed E-state index contributed by atoms with van der Waals surface area (Å²) in [6, 6.07) is 23.3. The van der Waals surface area contributed by atoms with Gasteiger partial charge in [-0.05, 0) is 60.5 Å². The molecular formula is C27H23N5O2S. The summed E-state index contributed by atoms with van der Waals surface area (Å²) in [6.45, 7) is 2.39. The zero-order valence-corrected chi connectivity index (χ0v) is 19.9. The first-order valence-corrected chi connectivity index (χ1v) is 12.1. The van der Waals surface area contributed by atoms with Crippen molar-refractivity contribution in [3.63, 3.8) is 0 Å². The summed E-state index contributed by atoms with van der Waals surface area (Å²) >= 11 is 1.53. The lowest BCUT2D eigenvalue weighted by atomic mass is 10.1. The third-order valence-corrected chi connectivity index (χ3v) is 6.41. The number of nitrogens with zero attached hydrogens (tertiary/aromatic N) is 4. The molecule has 0 bridgehead atoms. The van der Waals surface area contributed by atoms with Crippen LogP contribution < -0.4 is 5.32 Å². The highest BCUT2D eigenvalue weighted by Gasteiger charge is 2.18. The van der Waals surface area contributed by atoms with Crippen molar-refractivity contribution in [2.75, 3.05) is 0 Å². The number of aromatic nitrogens is 4. The average molecular weight is 482 g/mol. The molecule has 5 rings (SSSR count). The van der Waals surface area contributed by atoms with Gasteiger partial charge in [0.25, 0.3) is 5.91 Å². The van der Waals surface area contributed by atoms with Crippen molar-refractivity contribution in [2.24, 2.45) is 0 Å². The van der Waals surface area contributed by atoms with E-state index in [1.807, 2.05) is 59.2 Å². The summed E-state index contributed by atoms with van der Waals surface area (Å²) in [6.07, 6.45) is 5.11. The third kappa shape index (κ3) is 5.17. The molecule has 0 spiro atoms. The molecule has 7 nitrogen and oxygen atoms in total. The molecule has 1 amide bonds. The zero-order chi connectivity index (χ0) is 24.0. The van der Waals surface area contributed by atoms with E-state index >= 15 is 0 Å². The van der Waals surface area contributed by atoms with Gasteiger partial charge in [0, 0.05) is 35.0 Å². The highest BCUT2D eigenvalue weighted by molar-refractivity contribution is 7.98. The number of amides is 1. The highest BCUT2D eigenvalue weighted by atomic mass is 32.2. The maximum Gasteiger partial charge on any atom is 0.251 e. The van der Waals surface area contributed by atoms with Gasteiger partial charge in [-0.25, -0.2) is 0 Å². The molecule has 0 aliphatic rings. The molecule has 0 unspecified atom stereocenters. The lowest BCUT2D eigenvalue weighted by Gasteiger charge is -2.12. The van der Waals surface area contributed by atoms with E-state index in [-0.39, 0.29) is 5.91 Å². The SMILES string of the molecule is Cc1cccc(-n2c(SCc3ccccc3C(=O)NCc3ccco3)nnc2-c2cccnc2)c1. The van der Waals surface area contributed by atoms with Crippen LogP contribution in [0.15, 0.2) is 101 Å². The molecule has 5 aromatic rings. The minimum absolute atomic E-state index is 0.145. The monoisotopic (exact) mass is 481 g/mol. The van der Waals surface area contributed by atoms with Crippen LogP contribution in [-0.4, -0.2) is 25.7 Å². The number of benzene rings is 2. The molecule has 0 saturated heterocycles. The fourth-order valence-corrected chi connectivity index (χ4v) is 4.69. The Kier molecular flexibility index (Phi) is 6.72. The number of carbonyl (C=O) groups is 1. The van der Waals surface area contributed by atoms with Crippen LogP contribution in [-0.2, 0) is 12.3 Å². The van der Waals surface area contributed by atoms with E-state index < -0.39 is 0 Å². The first-order valence-electron chi connectivity index (χ1n) is 11.1. The van der Waals surface area contributed by atoms with Gasteiger partial charge >= 0.3 is 0 Å². The minimum atomic E-state index is -0.145. The second kappa shape index (κ2) is 10.4. The fraction of sp³-hybridized carbons (Fsp3) is 0.111. The number of hydrogen-bond donors (Lipinski definition) is 1. The molecule has 0 aliphatic carbocycles. The van der Waals surface area contributed by atoms with E-state index in [2.05, 4.69) is 39.6 Å². The largest absolute Gasteiger partial charge is 0.467 e. The zero-order valence-electron chi connectivity index (χ0n) is 19.1.